The van der Waals surface area contributed by atoms with Crippen LogP contribution < -0.4 is 11.2 Å². The first-order valence-electron chi connectivity index (χ1n) is 5.77. The Kier molecular flexibility index (Phi) is 4.28. The van der Waals surface area contributed by atoms with E-state index in [2.05, 4.69) is 4.98 Å². The van der Waals surface area contributed by atoms with Crippen molar-refractivity contribution in [2.75, 3.05) is 7.11 Å². The van der Waals surface area contributed by atoms with Crippen LogP contribution in [0.2, 0.25) is 0 Å². The van der Waals surface area contributed by atoms with Crippen molar-refractivity contribution in [3.63, 3.8) is 0 Å². The van der Waals surface area contributed by atoms with Gasteiger partial charge in [0.2, 0.25) is 0 Å². The Hall–Kier alpha value is -1.36. The van der Waals surface area contributed by atoms with Crippen molar-refractivity contribution in [1.82, 2.24) is 9.55 Å². The lowest BCUT2D eigenvalue weighted by Gasteiger charge is -2.23. The maximum absolute atomic E-state index is 11.6. The maximum atomic E-state index is 11.6. The summed E-state index contributed by atoms with van der Waals surface area (Å²) in [6, 6.07) is 0. The lowest BCUT2D eigenvalue weighted by atomic mass is 10.1. The summed E-state index contributed by atoms with van der Waals surface area (Å²) in [5.74, 6) is 0. The van der Waals surface area contributed by atoms with E-state index in [9.17, 15) is 9.59 Å². The van der Waals surface area contributed by atoms with Crippen LogP contribution in [0.15, 0.2) is 15.8 Å². The Balaban J connectivity index is 2.92. The van der Waals surface area contributed by atoms with E-state index in [4.69, 9.17) is 4.74 Å². The molecule has 0 radical (unpaired) electrons. The standard InChI is InChI=1S/C12H20N2O3/c1-5-9-8-14(11(16)13-10(9)15)7-6-12(2,3)17-4/h8H,5-7H2,1-4H3,(H,13,15,16). The number of aromatic amines is 1. The van der Waals surface area contributed by atoms with E-state index in [0.29, 0.717) is 24.9 Å². The third-order valence-electron chi connectivity index (χ3n) is 2.97. The minimum Gasteiger partial charge on any atom is -0.379 e. The highest BCUT2D eigenvalue weighted by Gasteiger charge is 2.16. The predicted molar refractivity (Wildman–Crippen MR) is 66.4 cm³/mol. The highest BCUT2D eigenvalue weighted by molar-refractivity contribution is 5.03. The summed E-state index contributed by atoms with van der Waals surface area (Å²) in [5.41, 5.74) is -0.305. The van der Waals surface area contributed by atoms with Gasteiger partial charge in [-0.25, -0.2) is 4.79 Å². The molecule has 5 nitrogen and oxygen atoms in total. The van der Waals surface area contributed by atoms with Gasteiger partial charge >= 0.3 is 5.69 Å². The van der Waals surface area contributed by atoms with E-state index in [1.807, 2.05) is 20.8 Å². The molecule has 0 saturated carbocycles. The molecule has 0 amide bonds. The van der Waals surface area contributed by atoms with Gasteiger partial charge in [-0.05, 0) is 26.7 Å². The summed E-state index contributed by atoms with van der Waals surface area (Å²) in [7, 11) is 1.65. The molecule has 0 aromatic carbocycles. The van der Waals surface area contributed by atoms with E-state index in [1.54, 1.807) is 13.3 Å². The Labute approximate surface area is 100 Å². The average Bonchev–Trinajstić information content (AvgIpc) is 2.28. The van der Waals surface area contributed by atoms with Crippen LogP contribution in [-0.2, 0) is 17.7 Å². The van der Waals surface area contributed by atoms with Gasteiger partial charge in [-0.15, -0.1) is 0 Å². The van der Waals surface area contributed by atoms with Gasteiger partial charge in [0.15, 0.2) is 0 Å². The van der Waals surface area contributed by atoms with Crippen LogP contribution in [0.4, 0.5) is 0 Å². The van der Waals surface area contributed by atoms with E-state index < -0.39 is 0 Å². The third kappa shape index (κ3) is 3.56. The molecule has 1 heterocycles. The van der Waals surface area contributed by atoms with Crippen molar-refractivity contribution in [1.29, 1.82) is 0 Å². The predicted octanol–water partition coefficient (Wildman–Crippen LogP) is 0.914. The summed E-state index contributed by atoms with van der Waals surface area (Å²) >= 11 is 0. The number of ether oxygens (including phenoxy) is 1. The van der Waals surface area contributed by atoms with Gasteiger partial charge < -0.3 is 9.30 Å². The molecule has 0 bridgehead atoms. The fourth-order valence-electron chi connectivity index (χ4n) is 1.46. The molecule has 0 aliphatic rings. The Morgan fingerprint density at radius 1 is 1.41 bits per heavy atom. The van der Waals surface area contributed by atoms with Gasteiger partial charge in [0.25, 0.3) is 5.56 Å². The topological polar surface area (TPSA) is 64.1 Å². The first-order valence-corrected chi connectivity index (χ1v) is 5.77. The number of H-pyrrole nitrogens is 1. The van der Waals surface area contributed by atoms with Gasteiger partial charge in [0.05, 0.1) is 5.60 Å². The lowest BCUT2D eigenvalue weighted by molar-refractivity contribution is 0.0117. The molecular weight excluding hydrogens is 220 g/mol. The van der Waals surface area contributed by atoms with Crippen LogP contribution in [0.25, 0.3) is 0 Å². The van der Waals surface area contributed by atoms with Crippen molar-refractivity contribution >= 4 is 0 Å². The molecule has 96 valence electrons. The molecule has 1 rings (SSSR count). The monoisotopic (exact) mass is 240 g/mol. The zero-order chi connectivity index (χ0) is 13.1. The number of nitrogens with one attached hydrogen (secondary N) is 1. The molecule has 1 aromatic heterocycles. The minimum absolute atomic E-state index is 0.276. The van der Waals surface area contributed by atoms with Crippen LogP contribution in [0.1, 0.15) is 32.8 Å². The van der Waals surface area contributed by atoms with Gasteiger partial charge in [-0.1, -0.05) is 6.92 Å². The fourth-order valence-corrected chi connectivity index (χ4v) is 1.46. The molecule has 17 heavy (non-hydrogen) atoms. The molecule has 1 N–H and O–H groups in total. The largest absolute Gasteiger partial charge is 0.379 e. The quantitative estimate of drug-likeness (QED) is 0.832. The first kappa shape index (κ1) is 13.7. The van der Waals surface area contributed by atoms with Crippen LogP contribution in [0.5, 0.6) is 0 Å². The van der Waals surface area contributed by atoms with E-state index in [1.165, 1.54) is 4.57 Å². The van der Waals surface area contributed by atoms with Crippen LogP contribution in [-0.4, -0.2) is 22.3 Å². The second-order valence-electron chi connectivity index (χ2n) is 4.67. The van der Waals surface area contributed by atoms with Crippen molar-refractivity contribution in [2.45, 2.75) is 45.8 Å². The summed E-state index contributed by atoms with van der Waals surface area (Å²) < 4.78 is 6.82. The highest BCUT2D eigenvalue weighted by Crippen LogP contribution is 2.13. The number of rotatable bonds is 5. The van der Waals surface area contributed by atoms with Crippen molar-refractivity contribution in [3.05, 3.63) is 32.6 Å². The zero-order valence-corrected chi connectivity index (χ0v) is 10.9. The SMILES string of the molecule is CCc1cn(CCC(C)(C)OC)c(=O)[nH]c1=O. The molecule has 0 atom stereocenters. The number of aromatic nitrogens is 2. The smallest absolute Gasteiger partial charge is 0.328 e. The normalized spacial score (nSPS) is 11.8. The van der Waals surface area contributed by atoms with Crippen molar-refractivity contribution in [3.8, 4) is 0 Å². The van der Waals surface area contributed by atoms with E-state index >= 15 is 0 Å². The Morgan fingerprint density at radius 3 is 2.59 bits per heavy atom. The second kappa shape index (κ2) is 5.31. The summed E-state index contributed by atoms with van der Waals surface area (Å²) in [6.45, 7) is 6.34. The lowest BCUT2D eigenvalue weighted by Crippen LogP contribution is -2.34. The molecule has 5 heteroatoms. The summed E-state index contributed by atoms with van der Waals surface area (Å²) in [6.07, 6.45) is 2.95. The van der Waals surface area contributed by atoms with E-state index in [0.717, 1.165) is 0 Å². The van der Waals surface area contributed by atoms with Crippen LogP contribution in [0, 0.1) is 0 Å². The average molecular weight is 240 g/mol. The molecule has 1 aromatic rings. The summed E-state index contributed by atoms with van der Waals surface area (Å²) in [5, 5.41) is 0. The molecule has 0 fully saturated rings. The number of nitrogens with zero attached hydrogens (tertiary/aromatic N) is 1. The van der Waals surface area contributed by atoms with E-state index in [-0.39, 0.29) is 16.9 Å². The fraction of sp³-hybridized carbons (Fsp3) is 0.667. The van der Waals surface area contributed by atoms with Crippen LogP contribution >= 0.6 is 0 Å². The van der Waals surface area contributed by atoms with Crippen molar-refractivity contribution < 1.29 is 4.74 Å². The molecule has 0 spiro atoms. The van der Waals surface area contributed by atoms with Gasteiger partial charge in [0, 0.05) is 25.4 Å². The molecule has 0 unspecified atom stereocenters. The van der Waals surface area contributed by atoms with Crippen LogP contribution in [0.3, 0.4) is 0 Å². The molecular formula is C12H20N2O3. The molecule has 0 saturated heterocycles. The number of hydrogen-bond acceptors (Lipinski definition) is 3. The Bertz CT molecular complexity index is 485. The number of aryl methyl sites for hydroxylation is 2. The maximum Gasteiger partial charge on any atom is 0.328 e. The third-order valence-corrected chi connectivity index (χ3v) is 2.97. The molecule has 0 aliphatic carbocycles. The zero-order valence-electron chi connectivity index (χ0n) is 10.9. The second-order valence-corrected chi connectivity index (χ2v) is 4.67. The van der Waals surface area contributed by atoms with Gasteiger partial charge in [-0.3, -0.25) is 9.78 Å². The van der Waals surface area contributed by atoms with Gasteiger partial charge in [0.1, 0.15) is 0 Å². The minimum atomic E-state index is -0.362. The molecule has 0 aliphatic heterocycles. The highest BCUT2D eigenvalue weighted by atomic mass is 16.5. The summed E-state index contributed by atoms with van der Waals surface area (Å²) in [4.78, 5) is 25.3. The number of hydrogen-bond donors (Lipinski definition) is 1. The first-order chi connectivity index (χ1) is 7.89. The van der Waals surface area contributed by atoms with Crippen molar-refractivity contribution in [2.24, 2.45) is 0 Å². The Morgan fingerprint density at radius 2 is 2.06 bits per heavy atom. The number of methoxy groups -OCH3 is 1. The van der Waals surface area contributed by atoms with Gasteiger partial charge in [-0.2, -0.15) is 0 Å².